The van der Waals surface area contributed by atoms with Crippen LogP contribution in [0.2, 0.25) is 0 Å². The molecule has 2 aromatic rings. The van der Waals surface area contributed by atoms with Gasteiger partial charge in [0.25, 0.3) is 5.91 Å². The van der Waals surface area contributed by atoms with Crippen LogP contribution in [0.5, 0.6) is 0 Å². The lowest BCUT2D eigenvalue weighted by molar-refractivity contribution is -0.116. The second-order valence-corrected chi connectivity index (χ2v) is 6.63. The van der Waals surface area contributed by atoms with Crippen LogP contribution in [0.25, 0.3) is 0 Å². The SMILES string of the molecule is CC(C)CCC(=O)Nc1ccccc1C(=O)N[C@@H](C)c1ccccc1. The third-order valence-corrected chi connectivity index (χ3v) is 4.04. The summed E-state index contributed by atoms with van der Waals surface area (Å²) < 4.78 is 0. The van der Waals surface area contributed by atoms with E-state index in [1.54, 1.807) is 18.2 Å². The van der Waals surface area contributed by atoms with E-state index in [0.29, 0.717) is 23.6 Å². The number of hydrogen-bond acceptors (Lipinski definition) is 2. The van der Waals surface area contributed by atoms with Crippen molar-refractivity contribution < 1.29 is 9.59 Å². The molecule has 2 aromatic carbocycles. The molecule has 0 spiro atoms. The summed E-state index contributed by atoms with van der Waals surface area (Å²) in [4.78, 5) is 24.7. The third kappa shape index (κ3) is 5.75. The van der Waals surface area contributed by atoms with Gasteiger partial charge in [-0.25, -0.2) is 0 Å². The Labute approximate surface area is 149 Å². The van der Waals surface area contributed by atoms with Crippen LogP contribution in [0, 0.1) is 5.92 Å². The zero-order valence-corrected chi connectivity index (χ0v) is 15.1. The molecule has 25 heavy (non-hydrogen) atoms. The van der Waals surface area contributed by atoms with Gasteiger partial charge >= 0.3 is 0 Å². The second-order valence-electron chi connectivity index (χ2n) is 6.63. The minimum absolute atomic E-state index is 0.0648. The van der Waals surface area contributed by atoms with Gasteiger partial charge in [-0.2, -0.15) is 0 Å². The number of amides is 2. The fraction of sp³-hybridized carbons (Fsp3) is 0.333. The highest BCUT2D eigenvalue weighted by Crippen LogP contribution is 2.18. The Morgan fingerprint density at radius 3 is 2.24 bits per heavy atom. The molecule has 0 fully saturated rings. The molecule has 0 heterocycles. The standard InChI is InChI=1S/C21H26N2O2/c1-15(2)13-14-20(24)23-19-12-8-7-11-18(19)21(25)22-16(3)17-9-5-4-6-10-17/h4-12,15-16H,13-14H2,1-3H3,(H,22,25)(H,23,24)/t16-/m0/s1. The van der Waals surface area contributed by atoms with E-state index in [1.807, 2.05) is 43.3 Å². The first-order valence-corrected chi connectivity index (χ1v) is 8.72. The molecule has 0 saturated heterocycles. The lowest BCUT2D eigenvalue weighted by atomic mass is 10.1. The zero-order valence-electron chi connectivity index (χ0n) is 15.1. The molecular weight excluding hydrogens is 312 g/mol. The van der Waals surface area contributed by atoms with E-state index in [-0.39, 0.29) is 17.9 Å². The van der Waals surface area contributed by atoms with Crippen molar-refractivity contribution >= 4 is 17.5 Å². The molecule has 0 aromatic heterocycles. The molecule has 0 aliphatic carbocycles. The monoisotopic (exact) mass is 338 g/mol. The quantitative estimate of drug-likeness (QED) is 0.778. The number of para-hydroxylation sites is 1. The van der Waals surface area contributed by atoms with Crippen LogP contribution < -0.4 is 10.6 Å². The summed E-state index contributed by atoms with van der Waals surface area (Å²) in [6.07, 6.45) is 1.28. The molecule has 2 rings (SSSR count). The number of carbonyl (C=O) groups is 2. The maximum Gasteiger partial charge on any atom is 0.253 e. The van der Waals surface area contributed by atoms with E-state index >= 15 is 0 Å². The molecule has 2 N–H and O–H groups in total. The van der Waals surface area contributed by atoms with Gasteiger partial charge in [0.1, 0.15) is 0 Å². The van der Waals surface area contributed by atoms with Crippen LogP contribution in [0.3, 0.4) is 0 Å². The van der Waals surface area contributed by atoms with Crippen molar-refractivity contribution in [1.82, 2.24) is 5.32 Å². The van der Waals surface area contributed by atoms with Crippen LogP contribution in [0.15, 0.2) is 54.6 Å². The summed E-state index contributed by atoms with van der Waals surface area (Å²) in [6, 6.07) is 16.8. The molecule has 0 aliphatic heterocycles. The van der Waals surface area contributed by atoms with Crippen molar-refractivity contribution in [3.8, 4) is 0 Å². The first kappa shape index (κ1) is 18.7. The number of hydrogen-bond donors (Lipinski definition) is 2. The fourth-order valence-corrected chi connectivity index (χ4v) is 2.52. The average molecular weight is 338 g/mol. The maximum absolute atomic E-state index is 12.6. The Balaban J connectivity index is 2.06. The van der Waals surface area contributed by atoms with E-state index in [0.717, 1.165) is 12.0 Å². The van der Waals surface area contributed by atoms with Crippen LogP contribution in [0.4, 0.5) is 5.69 Å². The minimum atomic E-state index is -0.198. The maximum atomic E-state index is 12.6. The van der Waals surface area contributed by atoms with Gasteiger partial charge in [0.05, 0.1) is 17.3 Å². The van der Waals surface area contributed by atoms with Crippen molar-refractivity contribution in [2.75, 3.05) is 5.32 Å². The molecular formula is C21H26N2O2. The van der Waals surface area contributed by atoms with Crippen LogP contribution in [0.1, 0.15) is 55.6 Å². The summed E-state index contributed by atoms with van der Waals surface area (Å²) in [7, 11) is 0. The van der Waals surface area contributed by atoms with Crippen molar-refractivity contribution in [3.63, 3.8) is 0 Å². The third-order valence-electron chi connectivity index (χ3n) is 4.04. The average Bonchev–Trinajstić information content (AvgIpc) is 2.61. The first-order valence-electron chi connectivity index (χ1n) is 8.72. The van der Waals surface area contributed by atoms with Crippen LogP contribution in [-0.4, -0.2) is 11.8 Å². The van der Waals surface area contributed by atoms with E-state index in [1.165, 1.54) is 0 Å². The fourth-order valence-electron chi connectivity index (χ4n) is 2.52. The summed E-state index contributed by atoms with van der Waals surface area (Å²) in [6.45, 7) is 6.11. The van der Waals surface area contributed by atoms with Gasteiger partial charge < -0.3 is 10.6 Å². The molecule has 1 atom stereocenters. The molecule has 2 amide bonds. The van der Waals surface area contributed by atoms with Crippen molar-refractivity contribution in [1.29, 1.82) is 0 Å². The normalized spacial score (nSPS) is 11.8. The number of anilines is 1. The number of nitrogens with one attached hydrogen (secondary N) is 2. The van der Waals surface area contributed by atoms with E-state index in [4.69, 9.17) is 0 Å². The number of benzene rings is 2. The van der Waals surface area contributed by atoms with Crippen LogP contribution >= 0.6 is 0 Å². The minimum Gasteiger partial charge on any atom is -0.345 e. The van der Waals surface area contributed by atoms with E-state index in [2.05, 4.69) is 24.5 Å². The van der Waals surface area contributed by atoms with Crippen molar-refractivity contribution in [2.24, 2.45) is 5.92 Å². The molecule has 4 heteroatoms. The Hall–Kier alpha value is -2.62. The van der Waals surface area contributed by atoms with Gasteiger partial charge in [-0.05, 0) is 37.0 Å². The highest BCUT2D eigenvalue weighted by molar-refractivity contribution is 6.03. The number of carbonyl (C=O) groups excluding carboxylic acids is 2. The molecule has 0 aliphatic rings. The van der Waals surface area contributed by atoms with Gasteiger partial charge in [-0.1, -0.05) is 56.3 Å². The Morgan fingerprint density at radius 1 is 0.920 bits per heavy atom. The number of rotatable bonds is 7. The van der Waals surface area contributed by atoms with Gasteiger partial charge in [-0.3, -0.25) is 9.59 Å². The Kier molecular flexibility index (Phi) is 6.75. The van der Waals surface area contributed by atoms with E-state index < -0.39 is 0 Å². The molecule has 4 nitrogen and oxygen atoms in total. The van der Waals surface area contributed by atoms with Gasteiger partial charge in [0.15, 0.2) is 0 Å². The highest BCUT2D eigenvalue weighted by Gasteiger charge is 2.16. The lowest BCUT2D eigenvalue weighted by Crippen LogP contribution is -2.28. The molecule has 0 radical (unpaired) electrons. The molecule has 0 saturated carbocycles. The largest absolute Gasteiger partial charge is 0.345 e. The summed E-state index contributed by atoms with van der Waals surface area (Å²) >= 11 is 0. The van der Waals surface area contributed by atoms with Gasteiger partial charge in [0.2, 0.25) is 5.91 Å². The van der Waals surface area contributed by atoms with Gasteiger partial charge in [-0.15, -0.1) is 0 Å². The predicted octanol–water partition coefficient (Wildman–Crippen LogP) is 4.55. The second kappa shape index (κ2) is 9.02. The lowest BCUT2D eigenvalue weighted by Gasteiger charge is -2.16. The predicted molar refractivity (Wildman–Crippen MR) is 101 cm³/mol. The first-order chi connectivity index (χ1) is 12.0. The zero-order chi connectivity index (χ0) is 18.2. The molecule has 0 unspecified atom stereocenters. The Morgan fingerprint density at radius 2 is 1.56 bits per heavy atom. The summed E-state index contributed by atoms with van der Waals surface area (Å²) in [5.41, 5.74) is 2.06. The Bertz CT molecular complexity index is 711. The van der Waals surface area contributed by atoms with Gasteiger partial charge in [0, 0.05) is 6.42 Å². The summed E-state index contributed by atoms with van der Waals surface area (Å²) in [5, 5.41) is 5.85. The van der Waals surface area contributed by atoms with E-state index in [9.17, 15) is 9.59 Å². The van der Waals surface area contributed by atoms with Crippen LogP contribution in [-0.2, 0) is 4.79 Å². The highest BCUT2D eigenvalue weighted by atomic mass is 16.2. The van der Waals surface area contributed by atoms with Crippen molar-refractivity contribution in [2.45, 2.75) is 39.7 Å². The summed E-state index contributed by atoms with van der Waals surface area (Å²) in [5.74, 6) is 0.206. The molecule has 0 bridgehead atoms. The smallest absolute Gasteiger partial charge is 0.253 e. The van der Waals surface area contributed by atoms with Crippen molar-refractivity contribution in [3.05, 3.63) is 65.7 Å². The molecule has 132 valence electrons. The topological polar surface area (TPSA) is 58.2 Å².